The van der Waals surface area contributed by atoms with Crippen LogP contribution in [0.5, 0.6) is 0 Å². The van der Waals surface area contributed by atoms with E-state index >= 15 is 0 Å². The summed E-state index contributed by atoms with van der Waals surface area (Å²) in [6.07, 6.45) is -4.51. The van der Waals surface area contributed by atoms with Crippen molar-refractivity contribution >= 4 is 28.6 Å². The number of thioether (sulfide) groups is 1. The van der Waals surface area contributed by atoms with Gasteiger partial charge in [0.15, 0.2) is 5.78 Å². The van der Waals surface area contributed by atoms with E-state index in [1.807, 2.05) is 6.92 Å². The second kappa shape index (κ2) is 5.12. The van der Waals surface area contributed by atoms with Gasteiger partial charge in [-0.1, -0.05) is 6.92 Å². The van der Waals surface area contributed by atoms with Gasteiger partial charge in [-0.15, -0.1) is 11.8 Å². The van der Waals surface area contributed by atoms with E-state index in [1.54, 1.807) is 6.07 Å². The quantitative estimate of drug-likeness (QED) is 0.637. The molecule has 0 aliphatic carbocycles. The van der Waals surface area contributed by atoms with Gasteiger partial charge in [-0.3, -0.25) is 4.79 Å². The number of fused-ring (bicyclic) bond motifs is 1. The van der Waals surface area contributed by atoms with E-state index in [0.717, 1.165) is 10.3 Å². The Labute approximate surface area is 118 Å². The van der Waals surface area contributed by atoms with Crippen molar-refractivity contribution in [1.29, 1.82) is 0 Å². The summed E-state index contributed by atoms with van der Waals surface area (Å²) in [6, 6.07) is 3.04. The number of hydrogen-bond acceptors (Lipinski definition) is 3. The molecule has 0 unspecified atom stereocenters. The van der Waals surface area contributed by atoms with E-state index in [1.165, 1.54) is 31.8 Å². The second-order valence-corrected chi connectivity index (χ2v) is 5.62. The summed E-state index contributed by atoms with van der Waals surface area (Å²) in [7, 11) is 1.33. The Balaban J connectivity index is 2.73. The molecule has 20 heavy (non-hydrogen) atoms. The molecule has 0 amide bonds. The number of alkyl halides is 3. The minimum Gasteiger partial charge on any atom is -0.323 e. The van der Waals surface area contributed by atoms with Gasteiger partial charge in [0.05, 0.1) is 11.0 Å². The van der Waals surface area contributed by atoms with Crippen LogP contribution in [0.1, 0.15) is 30.0 Å². The molecule has 1 heterocycles. The fourth-order valence-electron chi connectivity index (χ4n) is 2.02. The van der Waals surface area contributed by atoms with Crippen LogP contribution in [0.25, 0.3) is 11.0 Å². The van der Waals surface area contributed by atoms with Crippen molar-refractivity contribution in [2.75, 3.05) is 5.75 Å². The van der Waals surface area contributed by atoms with Crippen molar-refractivity contribution in [3.05, 3.63) is 23.5 Å². The zero-order chi connectivity index (χ0) is 15.1. The molecular formula is C13H13F3N2OS. The summed E-state index contributed by atoms with van der Waals surface area (Å²) in [6.45, 7) is 3.32. The van der Waals surface area contributed by atoms with E-state index in [-0.39, 0.29) is 11.3 Å². The molecule has 1 aromatic heterocycles. The molecule has 0 saturated carbocycles. The lowest BCUT2D eigenvalue weighted by molar-refractivity contribution is -0.146. The summed E-state index contributed by atoms with van der Waals surface area (Å²) in [5.74, 6) is -0.404. The first-order valence-electron chi connectivity index (χ1n) is 5.97. The number of Topliss-reactive ketones (excluding diaryl/α,β-unsaturated/α-hetero) is 1. The fourth-order valence-corrected chi connectivity index (χ4v) is 2.89. The Hall–Kier alpha value is -1.50. The van der Waals surface area contributed by atoms with Crippen LogP contribution in [0.3, 0.4) is 0 Å². The van der Waals surface area contributed by atoms with E-state index in [2.05, 4.69) is 4.98 Å². The van der Waals surface area contributed by atoms with E-state index in [4.69, 9.17) is 0 Å². The van der Waals surface area contributed by atoms with E-state index in [0.29, 0.717) is 16.0 Å². The van der Waals surface area contributed by atoms with Crippen LogP contribution in [-0.2, 0) is 13.2 Å². The largest absolute Gasteiger partial charge is 0.449 e. The fraction of sp³-hybridized carbons (Fsp3) is 0.385. The van der Waals surface area contributed by atoms with Crippen molar-refractivity contribution in [3.8, 4) is 0 Å². The van der Waals surface area contributed by atoms with Gasteiger partial charge in [0.25, 0.3) is 0 Å². The van der Waals surface area contributed by atoms with Crippen LogP contribution in [0.4, 0.5) is 13.2 Å². The Bertz CT molecular complexity index is 676. The number of aromatic nitrogens is 2. The highest BCUT2D eigenvalue weighted by molar-refractivity contribution is 7.99. The van der Waals surface area contributed by atoms with Gasteiger partial charge < -0.3 is 4.57 Å². The van der Waals surface area contributed by atoms with Crippen molar-refractivity contribution in [2.24, 2.45) is 7.05 Å². The highest BCUT2D eigenvalue weighted by Gasteiger charge is 2.36. The summed E-state index contributed by atoms with van der Waals surface area (Å²) >= 11 is 1.43. The molecule has 0 aliphatic rings. The number of imidazole rings is 1. The standard InChI is InChI=1S/C13H13F3N2OS/c1-4-20-11-6-10-9(5-8(11)7(2)19)17-12(18(10)3)13(14,15)16/h5-6H,4H2,1-3H3. The first-order valence-corrected chi connectivity index (χ1v) is 6.95. The normalized spacial score (nSPS) is 12.1. The number of hydrogen-bond donors (Lipinski definition) is 0. The summed E-state index contributed by atoms with van der Waals surface area (Å²) in [5.41, 5.74) is 0.972. The molecule has 0 saturated heterocycles. The number of carbonyl (C=O) groups is 1. The molecule has 0 spiro atoms. The lowest BCUT2D eigenvalue weighted by Gasteiger charge is -2.07. The number of halogens is 3. The van der Waals surface area contributed by atoms with Crippen LogP contribution in [0.15, 0.2) is 17.0 Å². The Morgan fingerprint density at radius 3 is 2.55 bits per heavy atom. The third kappa shape index (κ3) is 2.54. The van der Waals surface area contributed by atoms with Crippen LogP contribution in [0, 0.1) is 0 Å². The molecule has 7 heteroatoms. The van der Waals surface area contributed by atoms with Gasteiger partial charge in [-0.05, 0) is 24.8 Å². The summed E-state index contributed by atoms with van der Waals surface area (Å²) in [4.78, 5) is 15.9. The average molecular weight is 302 g/mol. The first kappa shape index (κ1) is 14.9. The Morgan fingerprint density at radius 1 is 1.40 bits per heavy atom. The highest BCUT2D eigenvalue weighted by Crippen LogP contribution is 2.33. The van der Waals surface area contributed by atoms with E-state index < -0.39 is 12.0 Å². The molecule has 3 nitrogen and oxygen atoms in total. The van der Waals surface area contributed by atoms with Gasteiger partial charge >= 0.3 is 6.18 Å². The Kier molecular flexibility index (Phi) is 3.82. The summed E-state index contributed by atoms with van der Waals surface area (Å²) in [5, 5.41) is 0. The molecule has 0 atom stereocenters. The number of aryl methyl sites for hydroxylation is 1. The van der Waals surface area contributed by atoms with Crippen LogP contribution < -0.4 is 0 Å². The third-order valence-electron chi connectivity index (χ3n) is 2.91. The lowest BCUT2D eigenvalue weighted by Crippen LogP contribution is -2.12. The zero-order valence-electron chi connectivity index (χ0n) is 11.2. The predicted octanol–water partition coefficient (Wildman–Crippen LogP) is 3.91. The molecule has 108 valence electrons. The maximum Gasteiger partial charge on any atom is 0.449 e. The third-order valence-corrected chi connectivity index (χ3v) is 3.85. The van der Waals surface area contributed by atoms with Gasteiger partial charge in [0.1, 0.15) is 0 Å². The molecule has 0 aliphatic heterocycles. The van der Waals surface area contributed by atoms with Gasteiger partial charge in [0, 0.05) is 17.5 Å². The van der Waals surface area contributed by atoms with Crippen molar-refractivity contribution < 1.29 is 18.0 Å². The van der Waals surface area contributed by atoms with Crippen LogP contribution >= 0.6 is 11.8 Å². The van der Waals surface area contributed by atoms with Crippen molar-refractivity contribution in [3.63, 3.8) is 0 Å². The lowest BCUT2D eigenvalue weighted by atomic mass is 10.1. The number of benzene rings is 1. The first-order chi connectivity index (χ1) is 9.25. The summed E-state index contributed by atoms with van der Waals surface area (Å²) < 4.78 is 39.5. The smallest absolute Gasteiger partial charge is 0.323 e. The molecule has 0 radical (unpaired) electrons. The van der Waals surface area contributed by atoms with Gasteiger partial charge in [-0.25, -0.2) is 4.98 Å². The highest BCUT2D eigenvalue weighted by atomic mass is 32.2. The number of carbonyl (C=O) groups excluding carboxylic acids is 1. The molecule has 0 N–H and O–H groups in total. The van der Waals surface area contributed by atoms with Crippen LogP contribution in [0.2, 0.25) is 0 Å². The monoisotopic (exact) mass is 302 g/mol. The average Bonchev–Trinajstić information content (AvgIpc) is 2.66. The molecule has 0 fully saturated rings. The van der Waals surface area contributed by atoms with Gasteiger partial charge in [-0.2, -0.15) is 13.2 Å². The maximum absolute atomic E-state index is 12.8. The number of nitrogens with zero attached hydrogens (tertiary/aromatic N) is 2. The minimum absolute atomic E-state index is 0.179. The van der Waals surface area contributed by atoms with E-state index in [9.17, 15) is 18.0 Å². The maximum atomic E-state index is 12.8. The Morgan fingerprint density at radius 2 is 2.05 bits per heavy atom. The predicted molar refractivity (Wildman–Crippen MR) is 72.1 cm³/mol. The second-order valence-electron chi connectivity index (χ2n) is 4.32. The number of ketones is 1. The molecule has 0 bridgehead atoms. The van der Waals surface area contributed by atoms with Crippen molar-refractivity contribution in [2.45, 2.75) is 24.9 Å². The molecular weight excluding hydrogens is 289 g/mol. The SMILES string of the molecule is CCSc1cc2c(cc1C(C)=O)nc(C(F)(F)F)n2C. The molecule has 1 aromatic carbocycles. The molecule has 2 rings (SSSR count). The zero-order valence-corrected chi connectivity index (χ0v) is 12.0. The molecule has 2 aromatic rings. The van der Waals surface area contributed by atoms with Gasteiger partial charge in [0.2, 0.25) is 5.82 Å². The van der Waals surface area contributed by atoms with Crippen molar-refractivity contribution in [1.82, 2.24) is 9.55 Å². The topological polar surface area (TPSA) is 34.9 Å². The minimum atomic E-state index is -4.51. The van der Waals surface area contributed by atoms with Crippen LogP contribution in [-0.4, -0.2) is 21.1 Å². The number of rotatable bonds is 3.